The monoisotopic (exact) mass is 432 g/mol. The standard InChI is InChI=1S/C24H32O7/c1-13-5-10-19-15(3)21(27-17-8-6-16(7-9-17)14(2)20(25)26)28-22-24(19)18(13)11-12-23(4,29-22)30-31-24/h6-9,13-15,18-19,21-22H,5,10-12H2,1-4H3,(H,25,26)/t13-,14?,15-,18?,19?,21+,22-,23+,24-/m1/s1. The van der Waals surface area contributed by atoms with Crippen molar-refractivity contribution >= 4 is 5.97 Å². The van der Waals surface area contributed by atoms with E-state index in [0.29, 0.717) is 17.6 Å². The van der Waals surface area contributed by atoms with Crippen molar-refractivity contribution in [3.63, 3.8) is 0 Å². The predicted molar refractivity (Wildman–Crippen MR) is 110 cm³/mol. The van der Waals surface area contributed by atoms with Crippen LogP contribution in [0.15, 0.2) is 24.3 Å². The molecule has 2 bridgehead atoms. The van der Waals surface area contributed by atoms with E-state index in [9.17, 15) is 9.90 Å². The highest BCUT2D eigenvalue weighted by Gasteiger charge is 2.69. The van der Waals surface area contributed by atoms with Gasteiger partial charge in [0.1, 0.15) is 5.75 Å². The Kier molecular flexibility index (Phi) is 5.09. The molecule has 1 saturated carbocycles. The van der Waals surface area contributed by atoms with E-state index in [1.807, 2.05) is 19.1 Å². The van der Waals surface area contributed by atoms with E-state index < -0.39 is 35.9 Å². The Bertz CT molecular complexity index is 841. The van der Waals surface area contributed by atoms with Crippen LogP contribution in [0.2, 0.25) is 0 Å². The molecule has 1 N–H and O–H groups in total. The Hall–Kier alpha value is -1.67. The fraction of sp³-hybridized carbons (Fsp3) is 0.708. The average molecular weight is 433 g/mol. The molecule has 1 aromatic carbocycles. The van der Waals surface area contributed by atoms with E-state index in [-0.39, 0.29) is 11.8 Å². The van der Waals surface area contributed by atoms with Crippen LogP contribution < -0.4 is 4.74 Å². The van der Waals surface area contributed by atoms with Gasteiger partial charge >= 0.3 is 5.97 Å². The summed E-state index contributed by atoms with van der Waals surface area (Å²) < 4.78 is 19.1. The average Bonchev–Trinajstić information content (AvgIpc) is 2.98. The molecule has 3 unspecified atom stereocenters. The largest absolute Gasteiger partial charge is 0.481 e. The van der Waals surface area contributed by atoms with Gasteiger partial charge in [-0.15, -0.1) is 0 Å². The molecule has 5 fully saturated rings. The number of carbonyl (C=O) groups is 1. The van der Waals surface area contributed by atoms with Gasteiger partial charge in [0.2, 0.25) is 12.1 Å². The normalized spacial score (nSPS) is 44.8. The third-order valence-electron chi connectivity index (χ3n) is 8.10. The number of aliphatic carboxylic acids is 1. The molecule has 31 heavy (non-hydrogen) atoms. The lowest BCUT2D eigenvalue weighted by Crippen LogP contribution is -2.70. The highest BCUT2D eigenvalue weighted by molar-refractivity contribution is 5.75. The van der Waals surface area contributed by atoms with Gasteiger partial charge in [0.15, 0.2) is 11.9 Å². The molecule has 0 amide bonds. The summed E-state index contributed by atoms with van der Waals surface area (Å²) in [5.74, 6) is -0.448. The Balaban J connectivity index is 1.40. The van der Waals surface area contributed by atoms with E-state index in [2.05, 4.69) is 13.8 Å². The van der Waals surface area contributed by atoms with Gasteiger partial charge in [-0.1, -0.05) is 26.0 Å². The number of rotatable bonds is 4. The van der Waals surface area contributed by atoms with E-state index in [0.717, 1.165) is 31.2 Å². The first-order valence-electron chi connectivity index (χ1n) is 11.4. The third-order valence-corrected chi connectivity index (χ3v) is 8.10. The molecule has 0 radical (unpaired) electrons. The molecule has 170 valence electrons. The maximum absolute atomic E-state index is 11.2. The van der Waals surface area contributed by atoms with Crippen molar-refractivity contribution in [2.24, 2.45) is 23.7 Å². The second kappa shape index (κ2) is 7.44. The lowest BCUT2D eigenvalue weighted by atomic mass is 9.58. The number of benzene rings is 1. The molecule has 0 aromatic heterocycles. The predicted octanol–water partition coefficient (Wildman–Crippen LogP) is 4.46. The van der Waals surface area contributed by atoms with Crippen molar-refractivity contribution in [3.05, 3.63) is 29.8 Å². The molecular weight excluding hydrogens is 400 g/mol. The number of carboxylic acids is 1. The fourth-order valence-electron chi connectivity index (χ4n) is 6.12. The van der Waals surface area contributed by atoms with Crippen molar-refractivity contribution in [3.8, 4) is 5.75 Å². The lowest BCUT2D eigenvalue weighted by Gasteiger charge is -2.60. The van der Waals surface area contributed by atoms with Crippen molar-refractivity contribution in [2.45, 2.75) is 83.3 Å². The zero-order valence-electron chi connectivity index (χ0n) is 18.6. The Morgan fingerprint density at radius 1 is 1.13 bits per heavy atom. The lowest BCUT2D eigenvalue weighted by molar-refractivity contribution is -0.575. The van der Waals surface area contributed by atoms with Crippen LogP contribution in [-0.4, -0.2) is 35.0 Å². The fourth-order valence-corrected chi connectivity index (χ4v) is 6.12. The van der Waals surface area contributed by atoms with E-state index in [1.165, 1.54) is 0 Å². The summed E-state index contributed by atoms with van der Waals surface area (Å²) >= 11 is 0. The molecule has 4 heterocycles. The Morgan fingerprint density at radius 3 is 2.58 bits per heavy atom. The topological polar surface area (TPSA) is 83.5 Å². The highest BCUT2D eigenvalue weighted by Crippen LogP contribution is 2.60. The summed E-state index contributed by atoms with van der Waals surface area (Å²) in [6, 6.07) is 7.21. The van der Waals surface area contributed by atoms with Gasteiger partial charge in [-0.05, 0) is 62.6 Å². The number of hydrogen-bond acceptors (Lipinski definition) is 6. The minimum atomic E-state index is -0.847. The summed E-state index contributed by atoms with van der Waals surface area (Å²) in [5, 5.41) is 9.22. The molecule has 1 aromatic rings. The smallest absolute Gasteiger partial charge is 0.310 e. The Labute approximate surface area is 182 Å². The van der Waals surface area contributed by atoms with Gasteiger partial charge in [-0.3, -0.25) is 4.79 Å². The van der Waals surface area contributed by atoms with Crippen LogP contribution in [-0.2, 0) is 24.0 Å². The quantitative estimate of drug-likeness (QED) is 0.703. The number of hydrogen-bond donors (Lipinski definition) is 1. The second-order valence-electron chi connectivity index (χ2n) is 10.0. The first-order valence-corrected chi connectivity index (χ1v) is 11.4. The van der Waals surface area contributed by atoms with Gasteiger partial charge < -0.3 is 19.3 Å². The summed E-state index contributed by atoms with van der Waals surface area (Å²) in [6.07, 6.45) is 2.90. The zero-order chi connectivity index (χ0) is 22.0. The highest BCUT2D eigenvalue weighted by atomic mass is 17.3. The van der Waals surface area contributed by atoms with Crippen LogP contribution in [0.5, 0.6) is 5.75 Å². The molecule has 1 aliphatic carbocycles. The van der Waals surface area contributed by atoms with Crippen LogP contribution >= 0.6 is 0 Å². The van der Waals surface area contributed by atoms with Gasteiger partial charge in [0.05, 0.1) is 5.92 Å². The minimum absolute atomic E-state index is 0.0820. The van der Waals surface area contributed by atoms with Crippen molar-refractivity contribution in [2.75, 3.05) is 0 Å². The van der Waals surface area contributed by atoms with Gasteiger partial charge in [0.25, 0.3) is 0 Å². The second-order valence-corrected chi connectivity index (χ2v) is 10.0. The summed E-state index contributed by atoms with van der Waals surface area (Å²) in [4.78, 5) is 23.2. The van der Waals surface area contributed by atoms with Gasteiger partial charge in [-0.2, -0.15) is 0 Å². The van der Waals surface area contributed by atoms with E-state index >= 15 is 0 Å². The zero-order valence-corrected chi connectivity index (χ0v) is 18.6. The van der Waals surface area contributed by atoms with E-state index in [4.69, 9.17) is 24.0 Å². The molecule has 9 atom stereocenters. The molecule has 1 spiro atoms. The molecule has 7 heteroatoms. The van der Waals surface area contributed by atoms with Crippen LogP contribution in [0, 0.1) is 23.7 Å². The molecule has 5 aliphatic rings. The van der Waals surface area contributed by atoms with Crippen molar-refractivity contribution in [1.82, 2.24) is 0 Å². The maximum atomic E-state index is 11.2. The van der Waals surface area contributed by atoms with Crippen molar-refractivity contribution < 1.29 is 33.9 Å². The molecular formula is C24H32O7. The Morgan fingerprint density at radius 2 is 1.87 bits per heavy atom. The first-order chi connectivity index (χ1) is 14.7. The van der Waals surface area contributed by atoms with Gasteiger partial charge in [0, 0.05) is 18.3 Å². The molecule has 4 aliphatic heterocycles. The van der Waals surface area contributed by atoms with Crippen LogP contribution in [0.25, 0.3) is 0 Å². The number of carboxylic acid groups (broad SMARTS) is 1. The summed E-state index contributed by atoms with van der Waals surface area (Å²) in [6.45, 7) is 8.03. The van der Waals surface area contributed by atoms with Crippen LogP contribution in [0.1, 0.15) is 64.9 Å². The molecule has 4 saturated heterocycles. The van der Waals surface area contributed by atoms with Crippen LogP contribution in [0.3, 0.4) is 0 Å². The minimum Gasteiger partial charge on any atom is -0.481 e. The van der Waals surface area contributed by atoms with Crippen LogP contribution in [0.4, 0.5) is 0 Å². The first kappa shape index (κ1) is 21.2. The van der Waals surface area contributed by atoms with Gasteiger partial charge in [-0.25, -0.2) is 9.78 Å². The summed E-state index contributed by atoms with van der Waals surface area (Å²) in [7, 11) is 0. The third kappa shape index (κ3) is 3.28. The molecule has 6 rings (SSSR count). The SMILES string of the molecule is CC(C(=O)O)c1ccc(O[C@H]2O[C@@H]3O[C@]4(C)CCC5[C@H](C)CCC([C@H]2C)[C@]53OO4)cc1. The summed E-state index contributed by atoms with van der Waals surface area (Å²) in [5.41, 5.74) is 0.136. The molecule has 7 nitrogen and oxygen atoms in total. The maximum Gasteiger partial charge on any atom is 0.310 e. The number of ether oxygens (including phenoxy) is 3. The van der Waals surface area contributed by atoms with E-state index in [1.54, 1.807) is 19.1 Å². The number of fused-ring (bicyclic) bond motifs is 2. The van der Waals surface area contributed by atoms with Crippen molar-refractivity contribution in [1.29, 1.82) is 0 Å².